The van der Waals surface area contributed by atoms with Crippen LogP contribution in [0.5, 0.6) is 0 Å². The predicted molar refractivity (Wildman–Crippen MR) is 97.0 cm³/mol. The largest absolute Gasteiger partial charge is 0.481 e. The van der Waals surface area contributed by atoms with E-state index in [1.165, 1.54) is 0 Å². The molecule has 28 heavy (non-hydrogen) atoms. The average Bonchev–Trinajstić information content (AvgIpc) is 2.58. The molecule has 0 spiro atoms. The van der Waals surface area contributed by atoms with E-state index in [0.29, 0.717) is 0 Å². The Morgan fingerprint density at radius 3 is 1.43 bits per heavy atom. The number of carbonyl (C=O) groups is 5. The first-order valence-electron chi connectivity index (χ1n) is 8.12. The lowest BCUT2D eigenvalue weighted by Gasteiger charge is -2.11. The van der Waals surface area contributed by atoms with Gasteiger partial charge in [-0.2, -0.15) is 0 Å². The summed E-state index contributed by atoms with van der Waals surface area (Å²) in [5, 5.41) is 32.7. The molecule has 1 amide bonds. The van der Waals surface area contributed by atoms with Crippen LogP contribution in [0.15, 0.2) is 0 Å². The highest BCUT2D eigenvalue weighted by molar-refractivity contribution is 5.83. The molecule has 0 rings (SSSR count). The lowest BCUT2D eigenvalue weighted by Crippen LogP contribution is -2.36. The fraction of sp³-hybridized carbons (Fsp3) is 0.667. The van der Waals surface area contributed by atoms with Gasteiger partial charge in [0, 0.05) is 6.42 Å². The lowest BCUT2D eigenvalue weighted by atomic mass is 10.0. The Labute approximate surface area is 161 Å². The molecule has 0 heterocycles. The van der Waals surface area contributed by atoms with Crippen LogP contribution in [0.2, 0.25) is 0 Å². The van der Waals surface area contributed by atoms with Crippen molar-refractivity contribution in [2.45, 2.75) is 57.7 Å². The van der Waals surface area contributed by atoms with Gasteiger partial charge in [-0.25, -0.2) is 0 Å². The summed E-state index contributed by atoms with van der Waals surface area (Å²) in [7, 11) is 0. The third kappa shape index (κ3) is 19.6. The molecule has 0 aromatic rings. The second kappa shape index (κ2) is 16.4. The Balaban J connectivity index is -0.000000336. The number of amides is 1. The Bertz CT molecular complexity index is 528. The van der Waals surface area contributed by atoms with E-state index in [1.807, 2.05) is 13.8 Å². The maximum absolute atomic E-state index is 10.2. The van der Waals surface area contributed by atoms with Crippen LogP contribution in [-0.2, 0) is 24.0 Å². The first kappa shape index (κ1) is 30.0. The Hall–Kier alpha value is -2.77. The minimum Gasteiger partial charge on any atom is -0.481 e. The molecule has 13 heteroatoms. The number of nitrogens with two attached hydrogens (primary N) is 4. The van der Waals surface area contributed by atoms with Crippen molar-refractivity contribution in [1.82, 2.24) is 0 Å². The lowest BCUT2D eigenvalue weighted by molar-refractivity contribution is -0.141. The van der Waals surface area contributed by atoms with Gasteiger partial charge in [0.1, 0.15) is 18.1 Å². The monoisotopic (exact) mass is 410 g/mol. The second-order valence-electron chi connectivity index (χ2n) is 5.74. The topological polar surface area (TPSA) is 270 Å². The summed E-state index contributed by atoms with van der Waals surface area (Å²) >= 11 is 0. The van der Waals surface area contributed by atoms with E-state index in [0.717, 1.165) is 6.42 Å². The molecule has 0 unspecified atom stereocenters. The van der Waals surface area contributed by atoms with E-state index < -0.39 is 47.9 Å². The molecule has 4 atom stereocenters. The zero-order chi connectivity index (χ0) is 23.0. The molecule has 164 valence electrons. The van der Waals surface area contributed by atoms with Crippen LogP contribution in [0, 0.1) is 5.92 Å². The van der Waals surface area contributed by atoms with Gasteiger partial charge in [-0.1, -0.05) is 20.3 Å². The molecule has 0 saturated carbocycles. The van der Waals surface area contributed by atoms with E-state index in [2.05, 4.69) is 5.73 Å². The highest BCUT2D eigenvalue weighted by Gasteiger charge is 2.17. The molecule has 0 bridgehead atoms. The van der Waals surface area contributed by atoms with Crippen molar-refractivity contribution < 1.29 is 44.4 Å². The van der Waals surface area contributed by atoms with Gasteiger partial charge in [0.25, 0.3) is 0 Å². The van der Waals surface area contributed by atoms with Crippen LogP contribution in [0.25, 0.3) is 0 Å². The summed E-state index contributed by atoms with van der Waals surface area (Å²) in [5.41, 5.74) is 19.8. The zero-order valence-electron chi connectivity index (χ0n) is 15.8. The average molecular weight is 410 g/mol. The molecule has 0 saturated heterocycles. The van der Waals surface area contributed by atoms with E-state index >= 15 is 0 Å². The van der Waals surface area contributed by atoms with Crippen molar-refractivity contribution in [3.63, 3.8) is 0 Å². The summed E-state index contributed by atoms with van der Waals surface area (Å²) in [6.07, 6.45) is 0.279. The van der Waals surface area contributed by atoms with E-state index in [9.17, 15) is 24.0 Å². The number of hydrogen-bond acceptors (Lipinski definition) is 8. The van der Waals surface area contributed by atoms with Crippen molar-refractivity contribution in [2.24, 2.45) is 28.9 Å². The summed E-state index contributed by atoms with van der Waals surface area (Å²) in [5.74, 6) is -4.96. The molecule has 0 aliphatic heterocycles. The van der Waals surface area contributed by atoms with Crippen molar-refractivity contribution in [1.29, 1.82) is 0 Å². The van der Waals surface area contributed by atoms with Gasteiger partial charge in [0.05, 0.1) is 6.42 Å². The summed E-state index contributed by atoms with van der Waals surface area (Å²) in [6.45, 7) is 3.76. The van der Waals surface area contributed by atoms with E-state index in [-0.39, 0.29) is 25.2 Å². The Kier molecular flexibility index (Phi) is 17.6. The van der Waals surface area contributed by atoms with Gasteiger partial charge >= 0.3 is 23.9 Å². The van der Waals surface area contributed by atoms with Crippen LogP contribution in [-0.4, -0.2) is 68.3 Å². The first-order chi connectivity index (χ1) is 12.7. The maximum atomic E-state index is 10.2. The second-order valence-corrected chi connectivity index (χ2v) is 5.74. The van der Waals surface area contributed by atoms with Crippen molar-refractivity contribution in [2.75, 3.05) is 0 Å². The molecule has 13 nitrogen and oxygen atoms in total. The van der Waals surface area contributed by atoms with E-state index in [4.69, 9.17) is 37.6 Å². The van der Waals surface area contributed by atoms with E-state index in [1.54, 1.807) is 0 Å². The zero-order valence-corrected chi connectivity index (χ0v) is 15.8. The number of carbonyl (C=O) groups excluding carboxylic acids is 1. The van der Waals surface area contributed by atoms with Crippen molar-refractivity contribution >= 4 is 29.8 Å². The van der Waals surface area contributed by atoms with Gasteiger partial charge in [-0.05, 0) is 12.3 Å². The molecule has 0 aliphatic rings. The highest BCUT2D eigenvalue weighted by Crippen LogP contribution is 2.04. The third-order valence-corrected chi connectivity index (χ3v) is 3.27. The standard InChI is InChI=1S/C6H13NO2.C5H9NO4.C4H8N2O3/c1-3-4(2)5(7)6(8)9;6-3(5(9)10)1-2-4(7)8;5-2(4(8)9)1-3(6)7/h4-5H,3,7H2,1-2H3,(H,8,9);3H,1-2,6H2,(H,7,8)(H,9,10);2H,1,5H2,(H2,6,7)(H,8,9)/t4-,5-;3-;2-/m000/s1. The highest BCUT2D eigenvalue weighted by atomic mass is 16.4. The van der Waals surface area contributed by atoms with Gasteiger partial charge < -0.3 is 43.4 Å². The van der Waals surface area contributed by atoms with Crippen LogP contribution in [0.4, 0.5) is 0 Å². The fourth-order valence-electron chi connectivity index (χ4n) is 1.20. The molecule has 0 fully saturated rings. The number of primary amides is 1. The third-order valence-electron chi connectivity index (χ3n) is 3.27. The molecule has 0 radical (unpaired) electrons. The van der Waals surface area contributed by atoms with Gasteiger partial charge in [-0.3, -0.25) is 24.0 Å². The number of carboxylic acids is 4. The quantitative estimate of drug-likeness (QED) is 0.194. The van der Waals surface area contributed by atoms with Crippen LogP contribution < -0.4 is 22.9 Å². The van der Waals surface area contributed by atoms with Crippen LogP contribution in [0.1, 0.15) is 39.5 Å². The summed E-state index contributed by atoms with van der Waals surface area (Å²) < 4.78 is 0. The normalized spacial score (nSPS) is 13.9. The molecular weight excluding hydrogens is 380 g/mol. The molecule has 0 aliphatic carbocycles. The molecule has 0 aromatic heterocycles. The maximum Gasteiger partial charge on any atom is 0.321 e. The van der Waals surface area contributed by atoms with Crippen LogP contribution in [0.3, 0.4) is 0 Å². The number of rotatable bonds is 10. The Morgan fingerprint density at radius 2 is 1.25 bits per heavy atom. The minimum absolute atomic E-state index is 0.0231. The minimum atomic E-state index is -1.21. The first-order valence-corrected chi connectivity index (χ1v) is 8.12. The van der Waals surface area contributed by atoms with Crippen molar-refractivity contribution in [3.05, 3.63) is 0 Å². The number of aliphatic carboxylic acids is 4. The van der Waals surface area contributed by atoms with Gasteiger partial charge in [-0.15, -0.1) is 0 Å². The SMILES string of the molecule is CC[C@H](C)[C@H](N)C(=O)O.NC(=O)C[C@H](N)C(=O)O.N[C@@H](CCC(=O)O)C(=O)O. The summed E-state index contributed by atoms with van der Waals surface area (Å²) in [6, 6.07) is -2.92. The van der Waals surface area contributed by atoms with Crippen LogP contribution >= 0.6 is 0 Å². The number of hydrogen-bond donors (Lipinski definition) is 8. The number of carboxylic acid groups (broad SMARTS) is 4. The summed E-state index contributed by atoms with van der Waals surface area (Å²) in [4.78, 5) is 49.9. The Morgan fingerprint density at radius 1 is 0.821 bits per heavy atom. The molecule has 0 aromatic carbocycles. The molecular formula is C15H30N4O9. The smallest absolute Gasteiger partial charge is 0.321 e. The van der Waals surface area contributed by atoms with Gasteiger partial charge in [0.2, 0.25) is 5.91 Å². The predicted octanol–water partition coefficient (Wildman–Crippen LogP) is -2.02. The fourth-order valence-corrected chi connectivity index (χ4v) is 1.20. The molecule has 12 N–H and O–H groups in total. The van der Waals surface area contributed by atoms with Gasteiger partial charge in [0.15, 0.2) is 0 Å². The van der Waals surface area contributed by atoms with Crippen molar-refractivity contribution in [3.8, 4) is 0 Å².